The highest BCUT2D eigenvalue weighted by molar-refractivity contribution is 6.14. The zero-order chi connectivity index (χ0) is 26.3. The molecule has 2 aromatic carbocycles. The Balaban J connectivity index is 1.54. The molecule has 0 aliphatic carbocycles. The second kappa shape index (κ2) is 9.62. The number of halogens is 1. The number of carbonyl (C=O) groups excluding carboxylic acids is 2. The van der Waals surface area contributed by atoms with Gasteiger partial charge in [0.2, 0.25) is 0 Å². The number of nitrogens with two attached hydrogens (primary N) is 1. The molecular weight excluding hydrogens is 479 g/mol. The lowest BCUT2D eigenvalue weighted by atomic mass is 10.0. The van der Waals surface area contributed by atoms with Crippen LogP contribution in [-0.4, -0.2) is 63.3 Å². The lowest BCUT2D eigenvalue weighted by molar-refractivity contribution is -0.120. The Morgan fingerprint density at radius 1 is 1.22 bits per heavy atom. The SMILES string of the molecule is C[C@@H]1CN(c2ccc(C(=O)Nc3cc(F)c4nn(C)cc4c3)c3nc(OCC(N)=O)ncc23)C[C@H](C)N1. The number of fused-ring (bicyclic) bond motifs is 2. The first kappa shape index (κ1) is 24.4. The van der Waals surface area contributed by atoms with Crippen molar-refractivity contribution in [1.29, 1.82) is 0 Å². The van der Waals surface area contributed by atoms with Crippen molar-refractivity contribution in [3.8, 4) is 6.01 Å². The molecule has 11 nitrogen and oxygen atoms in total. The summed E-state index contributed by atoms with van der Waals surface area (Å²) in [4.78, 5) is 35.5. The van der Waals surface area contributed by atoms with Crippen molar-refractivity contribution >= 4 is 45.0 Å². The van der Waals surface area contributed by atoms with Gasteiger partial charge in [0.25, 0.3) is 11.8 Å². The van der Waals surface area contributed by atoms with E-state index < -0.39 is 24.2 Å². The molecule has 1 saturated heterocycles. The summed E-state index contributed by atoms with van der Waals surface area (Å²) >= 11 is 0. The second-order valence-corrected chi connectivity index (χ2v) is 9.33. The van der Waals surface area contributed by atoms with Crippen LogP contribution in [0, 0.1) is 5.82 Å². The first-order valence-corrected chi connectivity index (χ1v) is 11.8. The lowest BCUT2D eigenvalue weighted by Crippen LogP contribution is -2.54. The van der Waals surface area contributed by atoms with Crippen LogP contribution in [0.3, 0.4) is 0 Å². The minimum atomic E-state index is -0.674. The lowest BCUT2D eigenvalue weighted by Gasteiger charge is -2.38. The molecule has 1 aliphatic heterocycles. The molecule has 12 heteroatoms. The third-order valence-electron chi connectivity index (χ3n) is 6.13. The van der Waals surface area contributed by atoms with Gasteiger partial charge < -0.3 is 26.0 Å². The van der Waals surface area contributed by atoms with Crippen LogP contribution in [0.5, 0.6) is 6.01 Å². The average molecular weight is 507 g/mol. The van der Waals surface area contributed by atoms with E-state index in [0.717, 1.165) is 18.8 Å². The monoisotopic (exact) mass is 506 g/mol. The number of nitrogens with zero attached hydrogens (tertiary/aromatic N) is 5. The number of rotatable bonds is 6. The number of aryl methyl sites for hydroxylation is 1. The summed E-state index contributed by atoms with van der Waals surface area (Å²) in [6.45, 7) is 5.34. The molecule has 0 spiro atoms. The number of amides is 2. The van der Waals surface area contributed by atoms with Crippen molar-refractivity contribution in [3.63, 3.8) is 0 Å². The number of piperazine rings is 1. The average Bonchev–Trinajstić information content (AvgIpc) is 3.22. The Morgan fingerprint density at radius 2 is 1.97 bits per heavy atom. The highest BCUT2D eigenvalue weighted by Crippen LogP contribution is 2.31. The second-order valence-electron chi connectivity index (χ2n) is 9.33. The minimum Gasteiger partial charge on any atom is -0.453 e. The fourth-order valence-corrected chi connectivity index (χ4v) is 4.76. The maximum absolute atomic E-state index is 14.6. The molecular formula is C25H27FN8O3. The van der Waals surface area contributed by atoms with Crippen LogP contribution < -0.4 is 26.0 Å². The van der Waals surface area contributed by atoms with Crippen LogP contribution >= 0.6 is 0 Å². The molecule has 0 radical (unpaired) electrons. The summed E-state index contributed by atoms with van der Waals surface area (Å²) in [5.41, 5.74) is 7.14. The van der Waals surface area contributed by atoms with Crippen molar-refractivity contribution in [1.82, 2.24) is 25.1 Å². The van der Waals surface area contributed by atoms with Crippen LogP contribution in [-0.2, 0) is 11.8 Å². The Morgan fingerprint density at radius 3 is 2.70 bits per heavy atom. The van der Waals surface area contributed by atoms with E-state index >= 15 is 0 Å². The van der Waals surface area contributed by atoms with Gasteiger partial charge in [0.1, 0.15) is 5.52 Å². The van der Waals surface area contributed by atoms with Gasteiger partial charge in [0.15, 0.2) is 12.4 Å². The Labute approximate surface area is 211 Å². The smallest absolute Gasteiger partial charge is 0.317 e. The normalized spacial score (nSPS) is 17.8. The fourth-order valence-electron chi connectivity index (χ4n) is 4.76. The van der Waals surface area contributed by atoms with Crippen molar-refractivity contribution in [3.05, 3.63) is 48.0 Å². The van der Waals surface area contributed by atoms with E-state index in [0.29, 0.717) is 16.3 Å². The van der Waals surface area contributed by atoms with E-state index in [9.17, 15) is 14.0 Å². The van der Waals surface area contributed by atoms with Gasteiger partial charge >= 0.3 is 6.01 Å². The predicted octanol–water partition coefficient (Wildman–Crippen LogP) is 1.96. The molecule has 192 valence electrons. The summed E-state index contributed by atoms with van der Waals surface area (Å²) in [6.07, 6.45) is 3.24. The van der Waals surface area contributed by atoms with Crippen molar-refractivity contribution in [2.45, 2.75) is 25.9 Å². The molecule has 2 amide bonds. The highest BCUT2D eigenvalue weighted by Gasteiger charge is 2.25. The molecule has 2 atom stereocenters. The summed E-state index contributed by atoms with van der Waals surface area (Å²) in [7, 11) is 1.70. The van der Waals surface area contributed by atoms with Crippen molar-refractivity contribution in [2.24, 2.45) is 12.8 Å². The summed E-state index contributed by atoms with van der Waals surface area (Å²) < 4.78 is 21.4. The number of primary amides is 1. The van der Waals surface area contributed by atoms with E-state index in [-0.39, 0.29) is 34.9 Å². The third-order valence-corrected chi connectivity index (χ3v) is 6.13. The molecule has 3 heterocycles. The van der Waals surface area contributed by atoms with E-state index in [4.69, 9.17) is 10.5 Å². The van der Waals surface area contributed by atoms with Gasteiger partial charge in [0.05, 0.1) is 11.1 Å². The first-order valence-electron chi connectivity index (χ1n) is 11.8. The van der Waals surface area contributed by atoms with Crippen LogP contribution in [0.2, 0.25) is 0 Å². The molecule has 37 heavy (non-hydrogen) atoms. The molecule has 0 bridgehead atoms. The number of benzene rings is 2. The Hall–Kier alpha value is -4.32. The van der Waals surface area contributed by atoms with Crippen molar-refractivity contribution in [2.75, 3.05) is 29.9 Å². The summed E-state index contributed by atoms with van der Waals surface area (Å²) in [6, 6.07) is 6.86. The number of nitrogens with one attached hydrogen (secondary N) is 2. The van der Waals surface area contributed by atoms with E-state index in [1.807, 2.05) is 6.07 Å². The van der Waals surface area contributed by atoms with Gasteiger partial charge in [0, 0.05) is 66.8 Å². The quantitative estimate of drug-likeness (QED) is 0.361. The molecule has 5 rings (SSSR count). The number of ether oxygens (including phenoxy) is 1. The fraction of sp³-hybridized carbons (Fsp3) is 0.320. The topological polar surface area (TPSA) is 140 Å². The predicted molar refractivity (Wildman–Crippen MR) is 137 cm³/mol. The minimum absolute atomic E-state index is 0.0811. The third kappa shape index (κ3) is 5.00. The molecule has 0 saturated carbocycles. The van der Waals surface area contributed by atoms with Gasteiger partial charge in [-0.05, 0) is 38.1 Å². The zero-order valence-electron chi connectivity index (χ0n) is 20.7. The molecule has 4 N–H and O–H groups in total. The van der Waals surface area contributed by atoms with Gasteiger partial charge in [-0.25, -0.2) is 9.37 Å². The maximum Gasteiger partial charge on any atom is 0.317 e. The van der Waals surface area contributed by atoms with Crippen LogP contribution in [0.4, 0.5) is 15.8 Å². The maximum atomic E-state index is 14.6. The number of anilines is 2. The number of hydrogen-bond donors (Lipinski definition) is 3. The standard InChI is InChI=1S/C25H27FN8O3/c1-13-9-34(10-14(2)29-13)20-5-4-17(23-18(20)8-28-25(31-23)37-12-21(27)35)24(36)30-16-6-15-11-33(3)32-22(15)19(26)7-16/h4-8,11,13-14,29H,9-10,12H2,1-3H3,(H2,27,35)(H,30,36)/t13-,14+. The van der Waals surface area contributed by atoms with Gasteiger partial charge in [-0.1, -0.05) is 0 Å². The molecule has 4 aromatic rings. The molecule has 1 aliphatic rings. The van der Waals surface area contributed by atoms with Crippen LogP contribution in [0.15, 0.2) is 36.7 Å². The molecule has 0 unspecified atom stereocenters. The number of carbonyl (C=O) groups is 2. The van der Waals surface area contributed by atoms with Gasteiger partial charge in [-0.2, -0.15) is 10.1 Å². The number of aromatic nitrogens is 4. The Bertz CT molecular complexity index is 1510. The highest BCUT2D eigenvalue weighted by atomic mass is 19.1. The van der Waals surface area contributed by atoms with Crippen LogP contribution in [0.1, 0.15) is 24.2 Å². The summed E-state index contributed by atoms with van der Waals surface area (Å²) in [5.74, 6) is -1.70. The molecule has 1 fully saturated rings. The van der Waals surface area contributed by atoms with Gasteiger partial charge in [-0.15, -0.1) is 0 Å². The molecule has 2 aromatic heterocycles. The van der Waals surface area contributed by atoms with Crippen LogP contribution in [0.25, 0.3) is 21.8 Å². The van der Waals surface area contributed by atoms with E-state index in [1.54, 1.807) is 31.6 Å². The van der Waals surface area contributed by atoms with Gasteiger partial charge in [-0.3, -0.25) is 14.3 Å². The zero-order valence-corrected chi connectivity index (χ0v) is 20.7. The first-order chi connectivity index (χ1) is 17.7. The van der Waals surface area contributed by atoms with E-state index in [2.05, 4.69) is 44.4 Å². The number of hydrogen-bond acceptors (Lipinski definition) is 8. The Kier molecular flexibility index (Phi) is 6.34. The summed E-state index contributed by atoms with van der Waals surface area (Å²) in [5, 5.41) is 11.6. The van der Waals surface area contributed by atoms with Crippen molar-refractivity contribution < 1.29 is 18.7 Å². The van der Waals surface area contributed by atoms with E-state index in [1.165, 1.54) is 10.7 Å². The largest absolute Gasteiger partial charge is 0.453 e.